The lowest BCUT2D eigenvalue weighted by molar-refractivity contribution is 0.361. The molecule has 1 heterocycles. The molecule has 1 aromatic heterocycles. The molecular weight excluding hydrogens is 246 g/mol. The molecule has 6 heteroatoms. The molecule has 1 atom stereocenters. The number of rotatable bonds is 5. The maximum Gasteiger partial charge on any atom is 0.231 e. The van der Waals surface area contributed by atoms with Crippen molar-refractivity contribution in [1.82, 2.24) is 10.1 Å². The van der Waals surface area contributed by atoms with E-state index in [4.69, 9.17) is 19.7 Å². The van der Waals surface area contributed by atoms with Crippen molar-refractivity contribution in [3.63, 3.8) is 0 Å². The summed E-state index contributed by atoms with van der Waals surface area (Å²) in [5.41, 5.74) is 6.35. The normalized spacial score (nSPS) is 12.2. The predicted molar refractivity (Wildman–Crippen MR) is 70.3 cm³/mol. The Balaban J connectivity index is 2.37. The minimum Gasteiger partial charge on any atom is -0.497 e. The zero-order valence-electron chi connectivity index (χ0n) is 11.2. The molecule has 2 N–H and O–H groups in total. The number of hydrogen-bond acceptors (Lipinski definition) is 6. The van der Waals surface area contributed by atoms with Crippen LogP contribution in [-0.2, 0) is 0 Å². The smallest absolute Gasteiger partial charge is 0.231 e. The predicted octanol–water partition coefficient (Wildman–Crippen LogP) is 1.82. The lowest BCUT2D eigenvalue weighted by atomic mass is 10.1. The molecule has 2 rings (SSSR count). The van der Waals surface area contributed by atoms with Crippen molar-refractivity contribution in [2.24, 2.45) is 5.73 Å². The van der Waals surface area contributed by atoms with Gasteiger partial charge < -0.3 is 19.7 Å². The molecule has 0 spiro atoms. The maximum atomic E-state index is 5.58. The molecule has 0 fully saturated rings. The summed E-state index contributed by atoms with van der Waals surface area (Å²) in [6, 6.07) is 5.43. The van der Waals surface area contributed by atoms with Crippen LogP contribution in [0.2, 0.25) is 0 Å². The van der Waals surface area contributed by atoms with Crippen LogP contribution in [-0.4, -0.2) is 30.9 Å². The Hall–Kier alpha value is -2.08. The average Bonchev–Trinajstić information content (AvgIpc) is 2.95. The van der Waals surface area contributed by atoms with Crippen molar-refractivity contribution >= 4 is 0 Å². The molecule has 1 unspecified atom stereocenters. The van der Waals surface area contributed by atoms with Gasteiger partial charge in [0.15, 0.2) is 0 Å². The number of hydrogen-bond donors (Lipinski definition) is 1. The fraction of sp³-hybridized carbons (Fsp3) is 0.385. The summed E-state index contributed by atoms with van der Waals surface area (Å²) >= 11 is 0. The molecule has 0 aliphatic rings. The van der Waals surface area contributed by atoms with Crippen molar-refractivity contribution in [3.05, 3.63) is 24.1 Å². The number of methoxy groups -OCH3 is 2. The van der Waals surface area contributed by atoms with Crippen LogP contribution in [0.15, 0.2) is 22.7 Å². The van der Waals surface area contributed by atoms with Gasteiger partial charge in [-0.3, -0.25) is 0 Å². The van der Waals surface area contributed by atoms with Gasteiger partial charge in [-0.05, 0) is 12.1 Å². The number of aromatic nitrogens is 2. The zero-order chi connectivity index (χ0) is 13.8. The SMILES string of the molecule is COc1cc(OC)cc(-c2noc(C(C)CN)n2)c1. The summed E-state index contributed by atoms with van der Waals surface area (Å²) < 4.78 is 15.6. The Kier molecular flexibility index (Phi) is 4.01. The van der Waals surface area contributed by atoms with Gasteiger partial charge in [-0.2, -0.15) is 4.98 Å². The van der Waals surface area contributed by atoms with Gasteiger partial charge in [-0.15, -0.1) is 0 Å². The summed E-state index contributed by atoms with van der Waals surface area (Å²) in [5, 5.41) is 3.95. The largest absolute Gasteiger partial charge is 0.497 e. The summed E-state index contributed by atoms with van der Waals surface area (Å²) in [6.07, 6.45) is 0. The van der Waals surface area contributed by atoms with Crippen LogP contribution >= 0.6 is 0 Å². The third-order valence-corrected chi connectivity index (χ3v) is 2.83. The fourth-order valence-electron chi connectivity index (χ4n) is 1.59. The maximum absolute atomic E-state index is 5.58. The first-order valence-corrected chi connectivity index (χ1v) is 5.95. The number of nitrogens with zero attached hydrogens (tertiary/aromatic N) is 2. The second-order valence-corrected chi connectivity index (χ2v) is 4.19. The Labute approximate surface area is 111 Å². The van der Waals surface area contributed by atoms with Crippen LogP contribution < -0.4 is 15.2 Å². The third-order valence-electron chi connectivity index (χ3n) is 2.83. The lowest BCUT2D eigenvalue weighted by Crippen LogP contribution is -2.08. The van der Waals surface area contributed by atoms with Gasteiger partial charge >= 0.3 is 0 Å². The Morgan fingerprint density at radius 3 is 2.37 bits per heavy atom. The van der Waals surface area contributed by atoms with Crippen molar-refractivity contribution in [3.8, 4) is 22.9 Å². The zero-order valence-corrected chi connectivity index (χ0v) is 11.2. The van der Waals surface area contributed by atoms with Crippen molar-refractivity contribution in [1.29, 1.82) is 0 Å². The molecule has 0 saturated heterocycles. The van der Waals surface area contributed by atoms with E-state index >= 15 is 0 Å². The van der Waals surface area contributed by atoms with Crippen LogP contribution in [0, 0.1) is 0 Å². The van der Waals surface area contributed by atoms with E-state index in [0.717, 1.165) is 5.56 Å². The Morgan fingerprint density at radius 1 is 1.21 bits per heavy atom. The van der Waals surface area contributed by atoms with Gasteiger partial charge in [-0.1, -0.05) is 12.1 Å². The molecule has 2 aromatic rings. The topological polar surface area (TPSA) is 83.4 Å². The highest BCUT2D eigenvalue weighted by atomic mass is 16.5. The van der Waals surface area contributed by atoms with Gasteiger partial charge in [0.2, 0.25) is 11.7 Å². The van der Waals surface area contributed by atoms with Gasteiger partial charge in [-0.25, -0.2) is 0 Å². The molecule has 0 saturated carbocycles. The van der Waals surface area contributed by atoms with E-state index in [1.807, 2.05) is 19.1 Å². The lowest BCUT2D eigenvalue weighted by Gasteiger charge is -2.05. The fourth-order valence-corrected chi connectivity index (χ4v) is 1.59. The monoisotopic (exact) mass is 263 g/mol. The summed E-state index contributed by atoms with van der Waals surface area (Å²) in [6.45, 7) is 2.40. The average molecular weight is 263 g/mol. The number of benzene rings is 1. The van der Waals surface area contributed by atoms with Gasteiger partial charge in [0.25, 0.3) is 0 Å². The number of nitrogens with two attached hydrogens (primary N) is 1. The molecule has 6 nitrogen and oxygen atoms in total. The highest BCUT2D eigenvalue weighted by Crippen LogP contribution is 2.28. The van der Waals surface area contributed by atoms with E-state index in [1.165, 1.54) is 0 Å². The summed E-state index contributed by atoms with van der Waals surface area (Å²) in [4.78, 5) is 4.33. The van der Waals surface area contributed by atoms with Gasteiger partial charge in [0.05, 0.1) is 14.2 Å². The molecule has 0 radical (unpaired) electrons. The molecule has 0 aliphatic carbocycles. The second kappa shape index (κ2) is 5.71. The van der Waals surface area contributed by atoms with E-state index in [1.54, 1.807) is 20.3 Å². The van der Waals surface area contributed by atoms with Crippen molar-refractivity contribution < 1.29 is 14.0 Å². The van der Waals surface area contributed by atoms with Crippen LogP contribution in [0.1, 0.15) is 18.7 Å². The van der Waals surface area contributed by atoms with Gasteiger partial charge in [0.1, 0.15) is 11.5 Å². The van der Waals surface area contributed by atoms with Crippen molar-refractivity contribution in [2.75, 3.05) is 20.8 Å². The molecule has 0 aliphatic heterocycles. The number of ether oxygens (including phenoxy) is 2. The van der Waals surface area contributed by atoms with E-state index in [-0.39, 0.29) is 5.92 Å². The van der Waals surface area contributed by atoms with Gasteiger partial charge in [0, 0.05) is 24.1 Å². The quantitative estimate of drug-likeness (QED) is 0.885. The van der Waals surface area contributed by atoms with Crippen LogP contribution in [0.4, 0.5) is 0 Å². The van der Waals surface area contributed by atoms with E-state index in [0.29, 0.717) is 29.8 Å². The molecule has 1 aromatic carbocycles. The molecular formula is C13H17N3O3. The second-order valence-electron chi connectivity index (χ2n) is 4.19. The standard InChI is InChI=1S/C13H17N3O3/c1-8(7-14)13-15-12(16-19-13)9-4-10(17-2)6-11(5-9)18-3/h4-6,8H,7,14H2,1-3H3. The summed E-state index contributed by atoms with van der Waals surface area (Å²) in [7, 11) is 3.19. The highest BCUT2D eigenvalue weighted by molar-refractivity contribution is 5.60. The first-order valence-electron chi connectivity index (χ1n) is 5.95. The Bertz CT molecular complexity index is 532. The van der Waals surface area contributed by atoms with E-state index in [9.17, 15) is 0 Å². The minimum absolute atomic E-state index is 0.0359. The minimum atomic E-state index is 0.0359. The third kappa shape index (κ3) is 2.85. The summed E-state index contributed by atoms with van der Waals surface area (Å²) in [5.74, 6) is 2.40. The molecule has 102 valence electrons. The van der Waals surface area contributed by atoms with E-state index in [2.05, 4.69) is 10.1 Å². The van der Waals surface area contributed by atoms with Crippen LogP contribution in [0.5, 0.6) is 11.5 Å². The van der Waals surface area contributed by atoms with E-state index < -0.39 is 0 Å². The molecule has 19 heavy (non-hydrogen) atoms. The van der Waals surface area contributed by atoms with Crippen LogP contribution in [0.25, 0.3) is 11.4 Å². The first-order chi connectivity index (χ1) is 9.17. The Morgan fingerprint density at radius 2 is 1.84 bits per heavy atom. The highest BCUT2D eigenvalue weighted by Gasteiger charge is 2.15. The molecule has 0 amide bonds. The van der Waals surface area contributed by atoms with Crippen molar-refractivity contribution in [2.45, 2.75) is 12.8 Å². The first kappa shape index (κ1) is 13.4. The molecule has 0 bridgehead atoms. The van der Waals surface area contributed by atoms with Crippen LogP contribution in [0.3, 0.4) is 0 Å².